The highest BCUT2D eigenvalue weighted by Gasteiger charge is 1.82. The van der Waals surface area contributed by atoms with Gasteiger partial charge >= 0.3 is 0 Å². The lowest BCUT2D eigenvalue weighted by Gasteiger charge is -1.91. The van der Waals surface area contributed by atoms with Crippen LogP contribution in [0.25, 0.3) is 0 Å². The molecule has 0 aromatic carbocycles. The van der Waals surface area contributed by atoms with Gasteiger partial charge in [0.1, 0.15) is 0 Å². The summed E-state index contributed by atoms with van der Waals surface area (Å²) in [4.78, 5) is 0. The maximum atomic E-state index is 2.33. The van der Waals surface area contributed by atoms with Gasteiger partial charge in [-0.15, -0.1) is 0 Å². The van der Waals surface area contributed by atoms with Crippen LogP contribution in [0.5, 0.6) is 0 Å². The Balaban J connectivity index is 2.91. The molecule has 0 N–H and O–H groups in total. The van der Waals surface area contributed by atoms with E-state index >= 15 is 0 Å². The molecule has 66 valence electrons. The summed E-state index contributed by atoms with van der Waals surface area (Å²) < 4.78 is 0. The van der Waals surface area contributed by atoms with Gasteiger partial charge in [0.25, 0.3) is 0 Å². The van der Waals surface area contributed by atoms with Gasteiger partial charge in [0.2, 0.25) is 0 Å². The van der Waals surface area contributed by atoms with Crippen molar-refractivity contribution >= 4 is 39.8 Å². The molecule has 0 saturated carbocycles. The summed E-state index contributed by atoms with van der Waals surface area (Å²) in [5.74, 6) is 1.27. The van der Waals surface area contributed by atoms with E-state index in [1.807, 2.05) is 0 Å². The molecule has 0 bridgehead atoms. The van der Waals surface area contributed by atoms with Gasteiger partial charge in [-0.25, -0.2) is 0 Å². The van der Waals surface area contributed by atoms with E-state index in [-0.39, 0.29) is 17.3 Å². The first-order chi connectivity index (χ1) is 5.41. The Labute approximate surface area is 82.9 Å². The van der Waals surface area contributed by atoms with Crippen molar-refractivity contribution < 1.29 is 0 Å². The minimum atomic E-state index is 0.214. The molecule has 0 fully saturated rings. The Kier molecular flexibility index (Phi) is 11.7. The van der Waals surface area contributed by atoms with Gasteiger partial charge in [-0.3, -0.25) is 0 Å². The SMILES string of the molecule is CC[SiH2]SC=CCS[SiH2]CC. The van der Waals surface area contributed by atoms with E-state index in [1.54, 1.807) is 0 Å². The van der Waals surface area contributed by atoms with Crippen LogP contribution in [0.3, 0.4) is 0 Å². The zero-order valence-electron chi connectivity index (χ0n) is 7.51. The second-order valence-electron chi connectivity index (χ2n) is 2.32. The van der Waals surface area contributed by atoms with Gasteiger partial charge in [-0.05, 0) is 5.41 Å². The third kappa shape index (κ3) is 10.9. The molecule has 0 atom stereocenters. The quantitative estimate of drug-likeness (QED) is 0.477. The van der Waals surface area contributed by atoms with Crippen molar-refractivity contribution in [2.45, 2.75) is 25.9 Å². The highest BCUT2D eigenvalue weighted by molar-refractivity contribution is 8.24. The zero-order chi connectivity index (χ0) is 8.36. The first-order valence-electron chi connectivity index (χ1n) is 4.26. The predicted molar refractivity (Wildman–Crippen MR) is 67.2 cm³/mol. The van der Waals surface area contributed by atoms with Gasteiger partial charge in [-0.1, -0.05) is 32.0 Å². The van der Waals surface area contributed by atoms with E-state index in [4.69, 9.17) is 0 Å². The van der Waals surface area contributed by atoms with E-state index in [2.05, 4.69) is 47.8 Å². The average Bonchev–Trinajstić information content (AvgIpc) is 2.03. The maximum Gasteiger partial charge on any atom is 0.0907 e. The number of rotatable bonds is 7. The Hall–Kier alpha value is 0.874. The van der Waals surface area contributed by atoms with E-state index in [0.29, 0.717) is 0 Å². The molecule has 11 heavy (non-hydrogen) atoms. The van der Waals surface area contributed by atoms with Gasteiger partial charge in [0.05, 0.1) is 17.3 Å². The van der Waals surface area contributed by atoms with Crippen LogP contribution in [0.1, 0.15) is 13.8 Å². The third-order valence-electron chi connectivity index (χ3n) is 1.08. The molecular formula is C7H18S2Si2. The highest BCUT2D eigenvalue weighted by atomic mass is 32.4. The van der Waals surface area contributed by atoms with Crippen molar-refractivity contribution in [1.82, 2.24) is 0 Å². The van der Waals surface area contributed by atoms with E-state index in [9.17, 15) is 0 Å². The van der Waals surface area contributed by atoms with Crippen LogP contribution < -0.4 is 0 Å². The summed E-state index contributed by atoms with van der Waals surface area (Å²) in [7, 11) is 0.464. The van der Waals surface area contributed by atoms with Crippen LogP contribution in [-0.4, -0.2) is 23.1 Å². The molecule has 0 aliphatic heterocycles. The molecule has 0 heterocycles. The van der Waals surface area contributed by atoms with Gasteiger partial charge in [0, 0.05) is 5.75 Å². The lowest BCUT2D eigenvalue weighted by molar-refractivity contribution is 1.47. The minimum absolute atomic E-state index is 0.214. The van der Waals surface area contributed by atoms with Crippen LogP contribution in [0.4, 0.5) is 0 Å². The topological polar surface area (TPSA) is 0 Å². The van der Waals surface area contributed by atoms with Crippen molar-refractivity contribution in [2.75, 3.05) is 5.75 Å². The highest BCUT2D eigenvalue weighted by Crippen LogP contribution is 2.04. The van der Waals surface area contributed by atoms with Crippen LogP contribution in [0.2, 0.25) is 12.1 Å². The largest absolute Gasteiger partial charge is 0.189 e. The van der Waals surface area contributed by atoms with Crippen molar-refractivity contribution in [3.8, 4) is 0 Å². The van der Waals surface area contributed by atoms with Gasteiger partial charge in [-0.2, -0.15) is 22.4 Å². The van der Waals surface area contributed by atoms with Gasteiger partial charge in [0.15, 0.2) is 0 Å². The lowest BCUT2D eigenvalue weighted by atomic mass is 10.8. The fourth-order valence-electron chi connectivity index (χ4n) is 0.589. The van der Waals surface area contributed by atoms with Crippen molar-refractivity contribution in [1.29, 1.82) is 0 Å². The predicted octanol–water partition coefficient (Wildman–Crippen LogP) is 2.01. The average molecular weight is 223 g/mol. The summed E-state index contributed by atoms with van der Waals surface area (Å²) in [6, 6.07) is 2.86. The standard InChI is InChI=1S/C7H18S2Si2/c1-3-10-8-6-5-7-9-11-4-2/h5-6H,3-4,7,10-11H2,1-2H3. The molecule has 0 aromatic rings. The zero-order valence-corrected chi connectivity index (χ0v) is 12.0. The Morgan fingerprint density at radius 2 is 1.91 bits per heavy atom. The lowest BCUT2D eigenvalue weighted by Crippen LogP contribution is -1.79. The second-order valence-corrected chi connectivity index (χ2v) is 11.2. The van der Waals surface area contributed by atoms with Crippen LogP contribution in [-0.2, 0) is 0 Å². The fraction of sp³-hybridized carbons (Fsp3) is 0.714. The monoisotopic (exact) mass is 222 g/mol. The smallest absolute Gasteiger partial charge is 0.0907 e. The third-order valence-corrected chi connectivity index (χ3v) is 8.54. The summed E-state index contributed by atoms with van der Waals surface area (Å²) in [6.07, 6.45) is 2.33. The van der Waals surface area contributed by atoms with Crippen LogP contribution in [0.15, 0.2) is 11.5 Å². The molecular weight excluding hydrogens is 204 g/mol. The molecule has 0 aliphatic carbocycles. The first kappa shape index (κ1) is 11.9. The van der Waals surface area contributed by atoms with Crippen LogP contribution in [0, 0.1) is 0 Å². The molecule has 0 radical (unpaired) electrons. The number of hydrogen-bond acceptors (Lipinski definition) is 2. The molecule has 0 spiro atoms. The minimum Gasteiger partial charge on any atom is -0.189 e. The van der Waals surface area contributed by atoms with E-state index < -0.39 is 0 Å². The molecule has 0 nitrogen and oxygen atoms in total. The molecule has 0 amide bonds. The molecule has 0 aliphatic rings. The van der Waals surface area contributed by atoms with Crippen molar-refractivity contribution in [3.05, 3.63) is 11.5 Å². The van der Waals surface area contributed by atoms with Crippen molar-refractivity contribution in [2.24, 2.45) is 0 Å². The molecule has 0 saturated heterocycles. The first-order valence-corrected chi connectivity index (χ1v) is 11.9. The van der Waals surface area contributed by atoms with Crippen molar-refractivity contribution in [3.63, 3.8) is 0 Å². The number of hydrogen-bond donors (Lipinski definition) is 0. The van der Waals surface area contributed by atoms with Gasteiger partial charge < -0.3 is 0 Å². The maximum absolute atomic E-state index is 2.33. The Morgan fingerprint density at radius 3 is 2.55 bits per heavy atom. The normalized spacial score (nSPS) is 13.3. The Bertz CT molecular complexity index is 96.4. The molecule has 4 heteroatoms. The summed E-state index contributed by atoms with van der Waals surface area (Å²) in [5.41, 5.74) is 0. The van der Waals surface area contributed by atoms with E-state index in [1.165, 1.54) is 17.8 Å². The molecule has 0 unspecified atom stereocenters. The molecule has 0 aromatic heterocycles. The fourth-order valence-corrected chi connectivity index (χ4v) is 5.30. The summed E-state index contributed by atoms with van der Waals surface area (Å²) in [6.45, 7) is 4.58. The summed E-state index contributed by atoms with van der Waals surface area (Å²) in [5, 5.41) is 2.31. The molecule has 0 rings (SSSR count). The summed E-state index contributed by atoms with van der Waals surface area (Å²) >= 11 is 4.24. The Morgan fingerprint density at radius 1 is 1.18 bits per heavy atom. The second kappa shape index (κ2) is 10.9. The van der Waals surface area contributed by atoms with Crippen LogP contribution >= 0.6 is 22.4 Å². The van der Waals surface area contributed by atoms with E-state index in [0.717, 1.165) is 0 Å².